The van der Waals surface area contributed by atoms with Crippen LogP contribution in [-0.4, -0.2) is 52.9 Å². The molecule has 0 saturated heterocycles. The predicted molar refractivity (Wildman–Crippen MR) is 202 cm³/mol. The third kappa shape index (κ3) is 5.14. The molecule has 0 amide bonds. The zero-order valence-corrected chi connectivity index (χ0v) is 27.6. The van der Waals surface area contributed by atoms with E-state index >= 15 is 0 Å². The molecule has 254 valence electrons. The van der Waals surface area contributed by atoms with Gasteiger partial charge in [-0.25, -0.2) is 9.98 Å². The van der Waals surface area contributed by atoms with E-state index in [0.717, 1.165) is 21.8 Å². The van der Waals surface area contributed by atoms with Crippen LogP contribution in [0.15, 0.2) is 125 Å². The number of aromatic nitrogens is 2. The normalized spacial score (nSPS) is 14.0. The third-order valence-electron chi connectivity index (χ3n) is 9.09. The Hall–Kier alpha value is -7.45. The summed E-state index contributed by atoms with van der Waals surface area (Å²) in [5, 5.41) is 68.4. The average Bonchev–Trinajstić information content (AvgIpc) is 3.72. The number of aromatic hydroxyl groups is 5. The number of phenols is 5. The van der Waals surface area contributed by atoms with Crippen molar-refractivity contribution in [3.05, 3.63) is 132 Å². The van der Waals surface area contributed by atoms with Gasteiger partial charge in [0, 0.05) is 38.1 Å². The van der Waals surface area contributed by atoms with Crippen molar-refractivity contribution in [2.75, 3.05) is 0 Å². The summed E-state index contributed by atoms with van der Waals surface area (Å²) in [7, 11) is 0. The maximum absolute atomic E-state index is 10.5. The molecule has 1 atom stereocenters. The molecule has 3 heterocycles. The minimum absolute atomic E-state index is 0.108. The number of nitriles is 1. The molecular weight excluding hydrogens is 656 g/mol. The first-order chi connectivity index (χ1) is 25.2. The lowest BCUT2D eigenvalue weighted by atomic mass is 10.0. The highest BCUT2D eigenvalue weighted by atomic mass is 16.4. The average molecular weight is 687 g/mol. The number of phenolic OH excluding ortho intramolecular Hbond substituents is 5. The highest BCUT2D eigenvalue weighted by Crippen LogP contribution is 2.51. The molecule has 7 N–H and O–H groups in total. The lowest BCUT2D eigenvalue weighted by Crippen LogP contribution is -2.37. The highest BCUT2D eigenvalue weighted by molar-refractivity contribution is 6.20. The molecule has 0 bridgehead atoms. The summed E-state index contributed by atoms with van der Waals surface area (Å²) >= 11 is 0. The van der Waals surface area contributed by atoms with Crippen LogP contribution in [0.25, 0.3) is 49.3 Å². The first-order valence-electron chi connectivity index (χ1n) is 16.4. The number of aliphatic imine (C=N–C) groups is 2. The molecule has 8 aromatic rings. The zero-order valence-electron chi connectivity index (χ0n) is 27.6. The van der Waals surface area contributed by atoms with Crippen molar-refractivity contribution in [3.63, 3.8) is 0 Å². The van der Waals surface area contributed by atoms with E-state index in [4.69, 9.17) is 0 Å². The Morgan fingerprint density at radius 2 is 1.08 bits per heavy atom. The number of para-hydroxylation sites is 4. The van der Waals surface area contributed by atoms with Crippen LogP contribution < -0.4 is 5.32 Å². The Balaban J connectivity index is 0.000000247. The first-order valence-corrected chi connectivity index (χ1v) is 16.4. The van der Waals surface area contributed by atoms with Gasteiger partial charge in [-0.05, 0) is 49.4 Å². The fourth-order valence-electron chi connectivity index (χ4n) is 6.72. The van der Waals surface area contributed by atoms with Gasteiger partial charge in [0.25, 0.3) is 0 Å². The Bertz CT molecular complexity index is 2690. The van der Waals surface area contributed by atoms with Crippen LogP contribution in [-0.2, 0) is 0 Å². The van der Waals surface area contributed by atoms with E-state index in [1.165, 1.54) is 21.8 Å². The van der Waals surface area contributed by atoms with Crippen LogP contribution in [0.3, 0.4) is 0 Å². The molecule has 1 unspecified atom stereocenters. The molecule has 1 aliphatic heterocycles. The topological polar surface area (TPSA) is 182 Å². The van der Waals surface area contributed by atoms with E-state index in [0.29, 0.717) is 16.8 Å². The van der Waals surface area contributed by atoms with Crippen molar-refractivity contribution in [1.82, 2.24) is 14.9 Å². The summed E-state index contributed by atoms with van der Waals surface area (Å²) in [5.74, 6) is -4.69. The van der Waals surface area contributed by atoms with Gasteiger partial charge in [-0.2, -0.15) is 5.26 Å². The number of amidine groups is 2. The van der Waals surface area contributed by atoms with Crippen molar-refractivity contribution < 1.29 is 25.5 Å². The van der Waals surface area contributed by atoms with Crippen molar-refractivity contribution in [3.8, 4) is 40.5 Å². The molecule has 0 spiro atoms. The molecular formula is C41H30N6O5. The molecule has 1 aliphatic rings. The van der Waals surface area contributed by atoms with Gasteiger partial charge < -0.3 is 40.4 Å². The van der Waals surface area contributed by atoms with Gasteiger partial charge in [-0.3, -0.25) is 0 Å². The number of H-pyrrole nitrogens is 1. The second-order valence-corrected chi connectivity index (χ2v) is 12.3. The Morgan fingerprint density at radius 1 is 0.596 bits per heavy atom. The molecule has 0 radical (unpaired) electrons. The summed E-state index contributed by atoms with van der Waals surface area (Å²) in [6.07, 6.45) is -0.718. The fourth-order valence-corrected chi connectivity index (χ4v) is 6.72. The molecule has 2 aromatic heterocycles. The number of hydrogen-bond donors (Lipinski definition) is 7. The summed E-state index contributed by atoms with van der Waals surface area (Å²) < 4.78 is 2.06. The smallest absolute Gasteiger partial charge is 0.208 e. The number of nitrogens with zero attached hydrogens (tertiary/aromatic N) is 4. The monoisotopic (exact) mass is 686 g/mol. The number of rotatable bonds is 3. The molecule has 11 nitrogen and oxygen atoms in total. The number of hydrogen-bond acceptors (Lipinski definition) is 9. The van der Waals surface area contributed by atoms with Gasteiger partial charge >= 0.3 is 0 Å². The molecule has 0 aliphatic carbocycles. The van der Waals surface area contributed by atoms with Crippen LogP contribution >= 0.6 is 0 Å². The molecule has 0 saturated carbocycles. The third-order valence-corrected chi connectivity index (χ3v) is 9.09. The van der Waals surface area contributed by atoms with E-state index in [1.807, 2.05) is 54.6 Å². The number of nitrogens with one attached hydrogen (secondary N) is 2. The number of fused-ring (bicyclic) bond motifs is 6. The van der Waals surface area contributed by atoms with E-state index in [-0.39, 0.29) is 11.7 Å². The van der Waals surface area contributed by atoms with Crippen LogP contribution in [0.1, 0.15) is 23.6 Å². The van der Waals surface area contributed by atoms with Crippen molar-refractivity contribution in [2.45, 2.75) is 13.1 Å². The molecule has 0 fully saturated rings. The second-order valence-electron chi connectivity index (χ2n) is 12.3. The lowest BCUT2D eigenvalue weighted by Gasteiger charge is -2.23. The highest BCUT2D eigenvalue weighted by Gasteiger charge is 2.30. The SMILES string of the molecule is CC1N=C(c2cc(C#N)ccc2-n2c3ccccc3c3ccccc32)NC(c2c(O)c(O)c(O)c(O)c2O)=N1.c1ccc2c(c1)[nH]c1ccccc12. The first kappa shape index (κ1) is 31.8. The Kier molecular flexibility index (Phi) is 7.62. The number of benzene rings is 6. The van der Waals surface area contributed by atoms with Crippen LogP contribution in [0, 0.1) is 11.3 Å². The van der Waals surface area contributed by atoms with E-state index in [9.17, 15) is 30.8 Å². The minimum Gasteiger partial charge on any atom is -0.504 e. The largest absolute Gasteiger partial charge is 0.504 e. The standard InChI is InChI=1S/C29H21N5O5.C12H9N/c1-14-31-28(33-29(32-14)22-23(35)25(37)27(39)26(38)24(22)36)18-12-15(13-30)10-11-21(18)34-19-8-4-2-6-16(19)17-7-3-5-9-20(17)34;1-3-7-11-9(5-1)10-6-2-4-8-12(10)13-11/h2-12,14,35-39H,1H3,(H,31,32,33);1-8,13H. The molecule has 6 aromatic carbocycles. The lowest BCUT2D eigenvalue weighted by molar-refractivity contribution is 0.327. The van der Waals surface area contributed by atoms with Gasteiger partial charge in [-0.1, -0.05) is 72.8 Å². The summed E-state index contributed by atoms with van der Waals surface area (Å²) in [4.78, 5) is 12.3. The van der Waals surface area contributed by atoms with E-state index < -0.39 is 40.5 Å². The van der Waals surface area contributed by atoms with Gasteiger partial charge in [0.05, 0.1) is 28.4 Å². The summed E-state index contributed by atoms with van der Waals surface area (Å²) in [5.41, 5.74) is 5.49. The Labute approximate surface area is 295 Å². The van der Waals surface area contributed by atoms with Crippen LogP contribution in [0.2, 0.25) is 0 Å². The van der Waals surface area contributed by atoms with E-state index in [2.05, 4.69) is 79.5 Å². The molecule has 52 heavy (non-hydrogen) atoms. The molecule has 11 heteroatoms. The van der Waals surface area contributed by atoms with Gasteiger partial charge in [0.2, 0.25) is 17.2 Å². The summed E-state index contributed by atoms with van der Waals surface area (Å²) in [6.45, 7) is 1.67. The van der Waals surface area contributed by atoms with Crippen molar-refractivity contribution in [2.24, 2.45) is 9.98 Å². The predicted octanol–water partition coefficient (Wildman–Crippen LogP) is 7.65. The van der Waals surface area contributed by atoms with Gasteiger partial charge in [0.1, 0.15) is 23.4 Å². The van der Waals surface area contributed by atoms with E-state index in [1.54, 1.807) is 19.1 Å². The maximum Gasteiger partial charge on any atom is 0.208 e. The van der Waals surface area contributed by atoms with Gasteiger partial charge in [-0.15, -0.1) is 0 Å². The van der Waals surface area contributed by atoms with Crippen molar-refractivity contribution >= 4 is 55.3 Å². The zero-order chi connectivity index (χ0) is 36.1. The maximum atomic E-state index is 10.5. The minimum atomic E-state index is -1.07. The Morgan fingerprint density at radius 3 is 1.63 bits per heavy atom. The van der Waals surface area contributed by atoms with Crippen LogP contribution in [0.4, 0.5) is 0 Å². The second kappa shape index (κ2) is 12.5. The quantitative estimate of drug-likeness (QED) is 0.0736. The number of aromatic amines is 1. The fraction of sp³-hybridized carbons (Fsp3) is 0.0488. The van der Waals surface area contributed by atoms with Crippen LogP contribution in [0.5, 0.6) is 28.7 Å². The van der Waals surface area contributed by atoms with Crippen molar-refractivity contribution in [1.29, 1.82) is 5.26 Å². The van der Waals surface area contributed by atoms with Gasteiger partial charge in [0.15, 0.2) is 11.5 Å². The molecule has 9 rings (SSSR count). The summed E-state index contributed by atoms with van der Waals surface area (Å²) in [6, 6.07) is 40.0.